The van der Waals surface area contributed by atoms with E-state index in [0.29, 0.717) is 7.35 Å². The van der Waals surface area contributed by atoms with E-state index in [9.17, 15) is 0 Å². The topological polar surface area (TPSA) is 0 Å². The molecule has 2 aliphatic rings. The van der Waals surface area contributed by atoms with E-state index in [4.69, 9.17) is 0 Å². The van der Waals surface area contributed by atoms with Crippen molar-refractivity contribution in [3.63, 3.8) is 0 Å². The molecule has 0 spiro atoms. The van der Waals surface area contributed by atoms with Gasteiger partial charge in [-0.05, 0) is 0 Å². The van der Waals surface area contributed by atoms with Crippen LogP contribution in [0, 0.1) is 0 Å². The van der Waals surface area contributed by atoms with Gasteiger partial charge in [0.2, 0.25) is 0 Å². The molecule has 0 heterocycles. The second kappa shape index (κ2) is 13.5. The van der Waals surface area contributed by atoms with Crippen molar-refractivity contribution >= 4 is 44.2 Å². The molecule has 4 heteroatoms. The van der Waals surface area contributed by atoms with E-state index in [1.165, 1.54) is 61.8 Å². The molecule has 5 aromatic rings. The van der Waals surface area contributed by atoms with Crippen molar-refractivity contribution in [3.8, 4) is 22.3 Å². The van der Waals surface area contributed by atoms with Crippen LogP contribution in [0.15, 0.2) is 127 Å². The van der Waals surface area contributed by atoms with Crippen LogP contribution >= 0.6 is 0 Å². The molecule has 2 aliphatic carbocycles. The molecule has 260 valence electrons. The van der Waals surface area contributed by atoms with Crippen molar-refractivity contribution in [3.05, 3.63) is 155 Å². The second-order valence-corrected chi connectivity index (χ2v) is 75.9. The van der Waals surface area contributed by atoms with Crippen LogP contribution < -0.4 is 10.4 Å². The van der Waals surface area contributed by atoms with E-state index in [1.807, 2.05) is 0 Å². The number of rotatable bonds is 9. The number of fused-ring (bicyclic) bond motifs is 2. The van der Waals surface area contributed by atoms with Gasteiger partial charge in [0.1, 0.15) is 0 Å². The molecule has 0 amide bonds. The first-order valence-electron chi connectivity index (χ1n) is 19.1. The molecule has 2 atom stereocenters. The Morgan fingerprint density at radius 2 is 0.961 bits per heavy atom. The van der Waals surface area contributed by atoms with Crippen LogP contribution in [0.2, 0.25) is 61.2 Å². The predicted molar refractivity (Wildman–Crippen MR) is 232 cm³/mol. The monoisotopic (exact) mass is 884 g/mol. The molecule has 5 aromatic carbocycles. The van der Waals surface area contributed by atoms with Crippen molar-refractivity contribution in [1.82, 2.24) is 0 Å². The molecular weight excluding hydrogens is 827 g/mol. The van der Waals surface area contributed by atoms with Crippen LogP contribution in [0.3, 0.4) is 0 Å². The van der Waals surface area contributed by atoms with Gasteiger partial charge in [-0.25, -0.2) is 0 Å². The minimum atomic E-state index is -3.97. The Hall–Kier alpha value is -2.90. The molecule has 0 N–H and O–H groups in total. The quantitative estimate of drug-likeness (QED) is 0.129. The molecule has 0 bridgehead atoms. The van der Waals surface area contributed by atoms with Gasteiger partial charge in [-0.2, -0.15) is 0 Å². The molecule has 0 fully saturated rings. The zero-order valence-corrected chi connectivity index (χ0v) is 38.9. The molecule has 7 rings (SSSR count). The van der Waals surface area contributed by atoms with Gasteiger partial charge in [0.05, 0.1) is 0 Å². The Kier molecular flexibility index (Phi) is 9.65. The van der Waals surface area contributed by atoms with Crippen LogP contribution in [0.5, 0.6) is 0 Å². The van der Waals surface area contributed by atoms with Crippen LogP contribution in [0.1, 0.15) is 35.2 Å². The first-order chi connectivity index (χ1) is 24.2. The second-order valence-electron chi connectivity index (χ2n) is 18.3. The molecule has 51 heavy (non-hydrogen) atoms. The Labute approximate surface area is 311 Å². The van der Waals surface area contributed by atoms with Gasteiger partial charge >= 0.3 is 314 Å². The summed E-state index contributed by atoms with van der Waals surface area (Å²) in [5.74, 6) is 0. The first kappa shape index (κ1) is 36.5. The van der Waals surface area contributed by atoms with Crippen molar-refractivity contribution < 1.29 is 17.1 Å². The summed E-state index contributed by atoms with van der Waals surface area (Å²) in [7, 11) is -2.71. The fourth-order valence-electron chi connectivity index (χ4n) is 9.12. The standard InChI is InChI=1S/2C18H19Si.C9H12Si.2CH3.Hf/c2*1-19(2,3)16-12-10-15(11-13-16)18-9-5-7-14-6-4-8-17(14)18;1-10-8-7-9-5-3-2-4-6-9;;;/h2*4-13H,1-3H3;2-6H,7-8H2,1H3;2*1H3;. The summed E-state index contributed by atoms with van der Waals surface area (Å²) in [4.78, 5) is 0. The Morgan fingerprint density at radius 1 is 0.529 bits per heavy atom. The van der Waals surface area contributed by atoms with Crippen LogP contribution in [0.25, 0.3) is 34.4 Å². The Morgan fingerprint density at radius 3 is 1.37 bits per heavy atom. The van der Waals surface area contributed by atoms with Crippen molar-refractivity contribution in [1.29, 1.82) is 0 Å². The molecule has 0 saturated carbocycles. The van der Waals surface area contributed by atoms with E-state index in [2.05, 4.69) is 195 Å². The van der Waals surface area contributed by atoms with Gasteiger partial charge in [0.15, 0.2) is 0 Å². The number of allylic oxidation sites excluding steroid dienone is 2. The van der Waals surface area contributed by atoms with E-state index < -0.39 is 38.8 Å². The zero-order valence-electron chi connectivity index (χ0n) is 32.3. The normalized spacial score (nSPS) is 17.1. The summed E-state index contributed by atoms with van der Waals surface area (Å²) < 4.78 is 6.81. The molecule has 0 aliphatic heterocycles. The number of hydrogen-bond acceptors (Lipinski definition) is 0. The van der Waals surface area contributed by atoms with Gasteiger partial charge in [-0.3, -0.25) is 0 Å². The zero-order chi connectivity index (χ0) is 36.2. The van der Waals surface area contributed by atoms with Crippen LogP contribution in [-0.2, 0) is 23.5 Å². The fraction of sp³-hybridized carbons (Fsp3) is 0.277. The number of hydrogen-bond donors (Lipinski definition) is 0. The molecular formula is C47H56HfSi3. The summed E-state index contributed by atoms with van der Waals surface area (Å²) in [6, 6.07) is 46.1. The maximum atomic E-state index is 2.88. The fourth-order valence-corrected chi connectivity index (χ4v) is 54.4. The maximum absolute atomic E-state index is 3.97. The number of benzene rings is 5. The molecule has 2 unspecified atom stereocenters. The van der Waals surface area contributed by atoms with E-state index in [1.54, 1.807) is 11.1 Å². The van der Waals surface area contributed by atoms with Gasteiger partial charge < -0.3 is 0 Å². The van der Waals surface area contributed by atoms with Gasteiger partial charge in [-0.1, -0.05) is 0 Å². The third-order valence-corrected chi connectivity index (χ3v) is 74.9. The number of aryl methyl sites for hydroxylation is 1. The summed E-state index contributed by atoms with van der Waals surface area (Å²) in [5, 5.41) is 3.05. The SMILES string of the molecule is C[Si](CCc1ccccc1)=[Hf]([CH3])([CH3])([CH]1C=Cc2c(-c3ccc([Si](C)(C)C)cc3)cccc21)[CH]1C=Cc2c(-c3ccc([Si](C)(C)C)cc3)cccc21. The summed E-state index contributed by atoms with van der Waals surface area (Å²) in [6.45, 7) is 17.4. The third-order valence-electron chi connectivity index (χ3n) is 12.9. The van der Waals surface area contributed by atoms with E-state index in [0.717, 1.165) is 0 Å². The summed E-state index contributed by atoms with van der Waals surface area (Å²) in [6.07, 6.45) is 11.6. The van der Waals surface area contributed by atoms with Crippen molar-refractivity contribution in [2.75, 3.05) is 0 Å². The van der Waals surface area contributed by atoms with E-state index in [-0.39, 0.29) is 0 Å². The molecule has 0 saturated heterocycles. The third kappa shape index (κ3) is 6.64. The molecule has 0 aromatic heterocycles. The first-order valence-corrected chi connectivity index (χ1v) is 45.0. The Balaban J connectivity index is 1.36. The summed E-state index contributed by atoms with van der Waals surface area (Å²) >= 11 is -3.97. The van der Waals surface area contributed by atoms with E-state index >= 15 is 0 Å². The summed E-state index contributed by atoms with van der Waals surface area (Å²) in [5.41, 5.74) is 12.3. The molecule has 0 nitrogen and oxygen atoms in total. The average Bonchev–Trinajstić information content (AvgIpc) is 3.77. The van der Waals surface area contributed by atoms with Gasteiger partial charge in [-0.15, -0.1) is 0 Å². The van der Waals surface area contributed by atoms with Crippen molar-refractivity contribution in [2.24, 2.45) is 0 Å². The average molecular weight is 884 g/mol. The molecule has 0 radical (unpaired) electrons. The van der Waals surface area contributed by atoms with Crippen molar-refractivity contribution in [2.45, 2.75) is 75.0 Å². The minimum absolute atomic E-state index is 0.521. The van der Waals surface area contributed by atoms with Gasteiger partial charge in [0, 0.05) is 0 Å². The van der Waals surface area contributed by atoms with Crippen LogP contribution in [0.4, 0.5) is 0 Å². The van der Waals surface area contributed by atoms with Gasteiger partial charge in [0.25, 0.3) is 0 Å². The predicted octanol–water partition coefficient (Wildman–Crippen LogP) is 12.6. The Bertz CT molecular complexity index is 2090. The van der Waals surface area contributed by atoms with Crippen LogP contribution in [-0.4, -0.2) is 21.6 Å².